The zero-order chi connectivity index (χ0) is 9.80. The third-order valence-electron chi connectivity index (χ3n) is 2.37. The molecule has 0 atom stereocenters. The highest BCUT2D eigenvalue weighted by Gasteiger charge is 1.97. The summed E-state index contributed by atoms with van der Waals surface area (Å²) in [6.07, 6.45) is 5.67. The van der Waals surface area contributed by atoms with Crippen LogP contribution < -0.4 is 0 Å². The summed E-state index contributed by atoms with van der Waals surface area (Å²) in [4.78, 5) is 7.16. The van der Waals surface area contributed by atoms with E-state index >= 15 is 0 Å². The van der Waals surface area contributed by atoms with Gasteiger partial charge in [-0.05, 0) is 17.5 Å². The molecule has 2 rings (SSSR count). The number of benzene rings is 1. The van der Waals surface area contributed by atoms with E-state index in [2.05, 4.69) is 41.2 Å². The predicted octanol–water partition coefficient (Wildman–Crippen LogP) is 2.56. The highest BCUT2D eigenvalue weighted by Crippen LogP contribution is 2.08. The third kappa shape index (κ3) is 2.02. The summed E-state index contributed by atoms with van der Waals surface area (Å²) in [5.41, 5.74) is 3.79. The normalized spacial score (nSPS) is 10.4. The molecule has 0 spiro atoms. The monoisotopic (exact) mass is 186 g/mol. The Morgan fingerprint density at radius 3 is 2.43 bits per heavy atom. The average Bonchev–Trinajstić information content (AvgIpc) is 2.72. The molecule has 2 aromatic rings. The average molecular weight is 186 g/mol. The maximum Gasteiger partial charge on any atom is 0.0923 e. The SMILES string of the molecule is CCc1ccc(Cc2c[nH]cn2)cc1. The fourth-order valence-electron chi connectivity index (χ4n) is 1.49. The second kappa shape index (κ2) is 4.09. The molecule has 0 aliphatic rings. The van der Waals surface area contributed by atoms with Crippen LogP contribution in [0.15, 0.2) is 36.8 Å². The number of hydrogen-bond donors (Lipinski definition) is 1. The quantitative estimate of drug-likeness (QED) is 0.784. The van der Waals surface area contributed by atoms with E-state index in [0.717, 1.165) is 18.5 Å². The number of aryl methyl sites for hydroxylation is 1. The second-order valence-corrected chi connectivity index (χ2v) is 3.41. The van der Waals surface area contributed by atoms with Gasteiger partial charge in [0.05, 0.1) is 12.0 Å². The molecule has 0 aliphatic heterocycles. The minimum atomic E-state index is 0.910. The molecule has 2 heteroatoms. The van der Waals surface area contributed by atoms with Crippen molar-refractivity contribution < 1.29 is 0 Å². The molecule has 0 aliphatic carbocycles. The van der Waals surface area contributed by atoms with Crippen molar-refractivity contribution in [3.8, 4) is 0 Å². The van der Waals surface area contributed by atoms with Crippen LogP contribution in [-0.4, -0.2) is 9.97 Å². The van der Waals surface area contributed by atoms with Gasteiger partial charge in [0.15, 0.2) is 0 Å². The van der Waals surface area contributed by atoms with Gasteiger partial charge in [-0.2, -0.15) is 0 Å². The summed E-state index contributed by atoms with van der Waals surface area (Å²) >= 11 is 0. The molecule has 2 nitrogen and oxygen atoms in total. The molecular weight excluding hydrogens is 172 g/mol. The van der Waals surface area contributed by atoms with Gasteiger partial charge < -0.3 is 4.98 Å². The molecule has 14 heavy (non-hydrogen) atoms. The Labute approximate surface area is 84.0 Å². The van der Waals surface area contributed by atoms with Crippen LogP contribution in [0.5, 0.6) is 0 Å². The number of aromatic nitrogens is 2. The van der Waals surface area contributed by atoms with Gasteiger partial charge in [-0.25, -0.2) is 4.98 Å². The standard InChI is InChI=1S/C12H14N2/c1-2-10-3-5-11(6-4-10)7-12-8-13-9-14-12/h3-6,8-9H,2,7H2,1H3,(H,13,14). The Kier molecular flexibility index (Phi) is 2.63. The van der Waals surface area contributed by atoms with E-state index in [1.165, 1.54) is 11.1 Å². The third-order valence-corrected chi connectivity index (χ3v) is 2.37. The number of nitrogens with one attached hydrogen (secondary N) is 1. The predicted molar refractivity (Wildman–Crippen MR) is 57.2 cm³/mol. The Morgan fingerprint density at radius 1 is 1.14 bits per heavy atom. The zero-order valence-corrected chi connectivity index (χ0v) is 8.33. The Hall–Kier alpha value is -1.57. The lowest BCUT2D eigenvalue weighted by Crippen LogP contribution is -1.88. The molecule has 0 bridgehead atoms. The first-order valence-electron chi connectivity index (χ1n) is 4.94. The van der Waals surface area contributed by atoms with Crippen molar-refractivity contribution in [1.82, 2.24) is 9.97 Å². The number of aromatic amines is 1. The summed E-state index contributed by atoms with van der Waals surface area (Å²) in [6, 6.07) is 8.71. The first kappa shape index (κ1) is 9.00. The van der Waals surface area contributed by atoms with E-state index in [-0.39, 0.29) is 0 Å². The summed E-state index contributed by atoms with van der Waals surface area (Å²) in [5, 5.41) is 0. The Morgan fingerprint density at radius 2 is 1.86 bits per heavy atom. The molecule has 0 amide bonds. The van der Waals surface area contributed by atoms with Gasteiger partial charge >= 0.3 is 0 Å². The molecule has 1 aromatic carbocycles. The van der Waals surface area contributed by atoms with Crippen molar-refractivity contribution in [2.45, 2.75) is 19.8 Å². The van der Waals surface area contributed by atoms with E-state index < -0.39 is 0 Å². The molecule has 0 saturated heterocycles. The maximum atomic E-state index is 4.20. The molecule has 1 N–H and O–H groups in total. The Balaban J connectivity index is 2.10. The van der Waals surface area contributed by atoms with Crippen molar-refractivity contribution in [3.05, 3.63) is 53.6 Å². The largest absolute Gasteiger partial charge is 0.351 e. The van der Waals surface area contributed by atoms with Crippen molar-refractivity contribution >= 4 is 0 Å². The number of H-pyrrole nitrogens is 1. The number of hydrogen-bond acceptors (Lipinski definition) is 1. The van der Waals surface area contributed by atoms with E-state index in [1.807, 2.05) is 6.20 Å². The van der Waals surface area contributed by atoms with Crippen LogP contribution in [0.1, 0.15) is 23.7 Å². The van der Waals surface area contributed by atoms with Gasteiger partial charge in [0.2, 0.25) is 0 Å². The lowest BCUT2D eigenvalue weighted by molar-refractivity contribution is 1.09. The summed E-state index contributed by atoms with van der Waals surface area (Å²) in [5.74, 6) is 0. The Bertz CT molecular complexity index is 373. The summed E-state index contributed by atoms with van der Waals surface area (Å²) < 4.78 is 0. The van der Waals surface area contributed by atoms with Crippen LogP contribution in [0, 0.1) is 0 Å². The van der Waals surface area contributed by atoms with E-state index in [1.54, 1.807) is 6.33 Å². The lowest BCUT2D eigenvalue weighted by atomic mass is 10.1. The maximum absolute atomic E-state index is 4.20. The molecule has 72 valence electrons. The summed E-state index contributed by atoms with van der Waals surface area (Å²) in [6.45, 7) is 2.17. The number of imidazole rings is 1. The first-order valence-corrected chi connectivity index (χ1v) is 4.94. The number of rotatable bonds is 3. The minimum absolute atomic E-state index is 0.910. The molecular formula is C12H14N2. The molecule has 1 aromatic heterocycles. The van der Waals surface area contributed by atoms with Gasteiger partial charge in [-0.1, -0.05) is 31.2 Å². The fourth-order valence-corrected chi connectivity index (χ4v) is 1.49. The van der Waals surface area contributed by atoms with Crippen LogP contribution in [0.4, 0.5) is 0 Å². The van der Waals surface area contributed by atoms with Gasteiger partial charge in [0, 0.05) is 12.6 Å². The highest BCUT2D eigenvalue weighted by molar-refractivity contribution is 5.25. The first-order chi connectivity index (χ1) is 6.88. The molecule has 0 saturated carbocycles. The van der Waals surface area contributed by atoms with Crippen molar-refractivity contribution in [1.29, 1.82) is 0 Å². The van der Waals surface area contributed by atoms with Crippen LogP contribution in [0.3, 0.4) is 0 Å². The van der Waals surface area contributed by atoms with Crippen LogP contribution in [0.25, 0.3) is 0 Å². The summed E-state index contributed by atoms with van der Waals surface area (Å²) in [7, 11) is 0. The van der Waals surface area contributed by atoms with Crippen molar-refractivity contribution in [3.63, 3.8) is 0 Å². The van der Waals surface area contributed by atoms with Crippen LogP contribution >= 0.6 is 0 Å². The minimum Gasteiger partial charge on any atom is -0.351 e. The molecule has 1 heterocycles. The smallest absolute Gasteiger partial charge is 0.0923 e. The van der Waals surface area contributed by atoms with Crippen LogP contribution in [0.2, 0.25) is 0 Å². The second-order valence-electron chi connectivity index (χ2n) is 3.41. The van der Waals surface area contributed by atoms with Gasteiger partial charge in [0.25, 0.3) is 0 Å². The molecule has 0 fully saturated rings. The van der Waals surface area contributed by atoms with E-state index in [9.17, 15) is 0 Å². The van der Waals surface area contributed by atoms with E-state index in [4.69, 9.17) is 0 Å². The molecule has 0 radical (unpaired) electrons. The van der Waals surface area contributed by atoms with Crippen LogP contribution in [-0.2, 0) is 12.8 Å². The lowest BCUT2D eigenvalue weighted by Gasteiger charge is -2.00. The van der Waals surface area contributed by atoms with Gasteiger partial charge in [0.1, 0.15) is 0 Å². The fraction of sp³-hybridized carbons (Fsp3) is 0.250. The highest BCUT2D eigenvalue weighted by atomic mass is 14.9. The van der Waals surface area contributed by atoms with E-state index in [0.29, 0.717) is 0 Å². The molecule has 0 unspecified atom stereocenters. The van der Waals surface area contributed by atoms with Crippen molar-refractivity contribution in [2.24, 2.45) is 0 Å². The number of nitrogens with zero attached hydrogens (tertiary/aromatic N) is 1. The topological polar surface area (TPSA) is 28.7 Å². The zero-order valence-electron chi connectivity index (χ0n) is 8.33. The van der Waals surface area contributed by atoms with Gasteiger partial charge in [-0.3, -0.25) is 0 Å². The van der Waals surface area contributed by atoms with Gasteiger partial charge in [-0.15, -0.1) is 0 Å². The van der Waals surface area contributed by atoms with Crippen molar-refractivity contribution in [2.75, 3.05) is 0 Å².